The van der Waals surface area contributed by atoms with Gasteiger partial charge in [-0.2, -0.15) is 86.4 Å². The van der Waals surface area contributed by atoms with Crippen LogP contribution in [0.2, 0.25) is 0 Å². The lowest BCUT2D eigenvalue weighted by atomic mass is 9.93. The molecule has 0 aliphatic rings. The van der Waals surface area contributed by atoms with Gasteiger partial charge in [0.25, 0.3) is 40.5 Å². The van der Waals surface area contributed by atoms with E-state index >= 15 is 0 Å². The van der Waals surface area contributed by atoms with E-state index in [4.69, 9.17) is 0 Å². The van der Waals surface area contributed by atoms with E-state index in [1.54, 1.807) is 0 Å². The first-order chi connectivity index (χ1) is 17.7. The maximum atomic E-state index is 12.5. The molecule has 12 nitrogen and oxygen atoms in total. The van der Waals surface area contributed by atoms with Crippen LogP contribution in [0.25, 0.3) is 0 Å². The lowest BCUT2D eigenvalue weighted by Crippen LogP contribution is -2.45. The van der Waals surface area contributed by atoms with Crippen LogP contribution in [-0.4, -0.2) is 108 Å². The Morgan fingerprint density at radius 1 is 0.341 bits per heavy atom. The Labute approximate surface area is 223 Å². The topological polar surface area (TPSA) is 173 Å². The fourth-order valence-corrected chi connectivity index (χ4v) is 5.73. The van der Waals surface area contributed by atoms with E-state index in [1.165, 1.54) is 0 Å². The fourth-order valence-electron chi connectivity index (χ4n) is 2.08. The zero-order chi connectivity index (χ0) is 33.0. The minimum absolute atomic E-state index is 2.21. The first-order valence-corrected chi connectivity index (χ1v) is 15.7. The van der Waals surface area contributed by atoms with Crippen LogP contribution < -0.4 is 0 Å². The number of hydrogen-bond acceptors (Lipinski definition) is 12. The highest BCUT2D eigenvalue weighted by Gasteiger charge is 2.45. The second kappa shape index (κ2) is 13.2. The second-order valence-corrected chi connectivity index (χ2v) is 14.4. The summed E-state index contributed by atoms with van der Waals surface area (Å²) < 4.78 is 258. The first-order valence-electron chi connectivity index (χ1n) is 9.41. The Hall–Kier alpha value is -1.20. The van der Waals surface area contributed by atoms with Crippen LogP contribution in [0.3, 0.4) is 0 Å². The lowest BCUT2D eigenvalue weighted by molar-refractivity contribution is -0.108. The molecule has 248 valence electrons. The Morgan fingerprint density at radius 2 is 0.488 bits per heavy atom. The van der Waals surface area contributed by atoms with Crippen molar-refractivity contribution in [3.63, 3.8) is 0 Å². The van der Waals surface area contributed by atoms with Gasteiger partial charge in [0.15, 0.2) is 23.0 Å². The number of alkyl halides is 12. The molecule has 0 bridgehead atoms. The predicted molar refractivity (Wildman–Crippen MR) is 106 cm³/mol. The Balaban J connectivity index is 6.63. The standard InChI is InChI=1S/C13H16F12O12S4/c14-10(15,16)5-38(26,27)34-1-9(2-35-39(28,29)6-11(17,18)19,3-36-40(30,31)7-12(20,21)22)4-37-41(32,33)8-13(23,24)25/h1-8H2. The summed E-state index contributed by atoms with van der Waals surface area (Å²) in [6, 6.07) is 0. The van der Waals surface area contributed by atoms with Gasteiger partial charge in [0.1, 0.15) is 0 Å². The Kier molecular flexibility index (Phi) is 12.8. The third-order valence-corrected chi connectivity index (χ3v) is 8.17. The van der Waals surface area contributed by atoms with Crippen LogP contribution in [0.1, 0.15) is 0 Å². The van der Waals surface area contributed by atoms with Crippen molar-refractivity contribution in [3.05, 3.63) is 0 Å². The monoisotopic (exact) mass is 720 g/mol. The van der Waals surface area contributed by atoms with Gasteiger partial charge in [-0.25, -0.2) is 0 Å². The minimum Gasteiger partial charge on any atom is -0.269 e. The molecule has 0 amide bonds. The average Bonchev–Trinajstić information content (AvgIpc) is 2.59. The van der Waals surface area contributed by atoms with E-state index in [-0.39, 0.29) is 0 Å². The molecule has 0 saturated heterocycles. The largest absolute Gasteiger partial charge is 0.405 e. The van der Waals surface area contributed by atoms with Crippen LogP contribution in [0.5, 0.6) is 0 Å². The fraction of sp³-hybridized carbons (Fsp3) is 1.00. The predicted octanol–water partition coefficient (Wildman–Crippen LogP) is 1.61. The van der Waals surface area contributed by atoms with E-state index < -0.39 is 120 Å². The van der Waals surface area contributed by atoms with Gasteiger partial charge >= 0.3 is 24.7 Å². The summed E-state index contributed by atoms with van der Waals surface area (Å²) in [4.78, 5) is 0. The highest BCUT2D eigenvalue weighted by Crippen LogP contribution is 2.29. The molecule has 0 unspecified atom stereocenters. The van der Waals surface area contributed by atoms with Crippen LogP contribution in [0.4, 0.5) is 52.7 Å². The summed E-state index contributed by atoms with van der Waals surface area (Å²) in [7, 11) is -23.6. The minimum atomic E-state index is -5.90. The molecule has 0 aromatic rings. The van der Waals surface area contributed by atoms with Crippen LogP contribution in [-0.2, 0) is 57.2 Å². The van der Waals surface area contributed by atoms with Crippen molar-refractivity contribution in [3.8, 4) is 0 Å². The molecule has 0 spiro atoms. The molecule has 0 aliphatic carbocycles. The molecule has 0 rings (SSSR count). The van der Waals surface area contributed by atoms with E-state index in [9.17, 15) is 86.4 Å². The summed E-state index contributed by atoms with van der Waals surface area (Å²) in [6.07, 6.45) is -22.4. The van der Waals surface area contributed by atoms with Gasteiger partial charge in [-0.15, -0.1) is 0 Å². The molecule has 0 radical (unpaired) electrons. The third-order valence-electron chi connectivity index (χ3n) is 3.54. The van der Waals surface area contributed by atoms with Crippen molar-refractivity contribution in [2.75, 3.05) is 49.4 Å². The quantitative estimate of drug-likeness (QED) is 0.167. The molecule has 41 heavy (non-hydrogen) atoms. The van der Waals surface area contributed by atoms with Gasteiger partial charge in [0.05, 0.1) is 31.8 Å². The zero-order valence-corrected chi connectivity index (χ0v) is 22.5. The van der Waals surface area contributed by atoms with Crippen molar-refractivity contribution >= 4 is 40.5 Å². The SMILES string of the molecule is O=S(=O)(CC(F)(F)F)OCC(COS(=O)(=O)CC(F)(F)F)(COS(=O)(=O)CC(F)(F)F)COS(=O)(=O)CC(F)(F)F. The van der Waals surface area contributed by atoms with Gasteiger partial charge in [0, 0.05) is 0 Å². The average molecular weight is 721 g/mol. The van der Waals surface area contributed by atoms with Crippen LogP contribution in [0, 0.1) is 5.41 Å². The Bertz CT molecular complexity index is 1090. The highest BCUT2D eigenvalue weighted by molar-refractivity contribution is 7.87. The third kappa shape index (κ3) is 20.4. The summed E-state index contributed by atoms with van der Waals surface area (Å²) in [5.74, 6) is -11.5. The maximum absolute atomic E-state index is 12.5. The number of hydrogen-bond donors (Lipinski definition) is 0. The summed E-state index contributed by atoms with van der Waals surface area (Å²) in [5, 5.41) is 0. The van der Waals surface area contributed by atoms with E-state index in [0.717, 1.165) is 0 Å². The molecule has 0 atom stereocenters. The van der Waals surface area contributed by atoms with Gasteiger partial charge in [-0.1, -0.05) is 0 Å². The van der Waals surface area contributed by atoms with E-state index in [1.807, 2.05) is 0 Å². The molecule has 0 aromatic heterocycles. The summed E-state index contributed by atoms with van der Waals surface area (Å²) in [5.41, 5.74) is -3.45. The van der Waals surface area contributed by atoms with Crippen LogP contribution >= 0.6 is 0 Å². The normalized spacial score (nSPS) is 15.3. The molecule has 28 heteroatoms. The van der Waals surface area contributed by atoms with Gasteiger partial charge in [0.2, 0.25) is 0 Å². The number of halogens is 12. The zero-order valence-electron chi connectivity index (χ0n) is 19.2. The molecule has 0 N–H and O–H groups in total. The molecule has 0 aliphatic heterocycles. The smallest absolute Gasteiger partial charge is 0.269 e. The van der Waals surface area contributed by atoms with E-state index in [0.29, 0.717) is 0 Å². The van der Waals surface area contributed by atoms with Crippen molar-refractivity contribution < 1.29 is 103 Å². The van der Waals surface area contributed by atoms with Gasteiger partial charge in [-0.05, 0) is 0 Å². The van der Waals surface area contributed by atoms with Gasteiger partial charge in [-0.3, -0.25) is 16.7 Å². The lowest BCUT2D eigenvalue weighted by Gasteiger charge is -2.31. The molecule has 0 heterocycles. The first kappa shape index (κ1) is 39.8. The Morgan fingerprint density at radius 3 is 0.610 bits per heavy atom. The van der Waals surface area contributed by atoms with E-state index in [2.05, 4.69) is 16.7 Å². The molecule has 0 aromatic carbocycles. The second-order valence-electron chi connectivity index (χ2n) is 7.82. The summed E-state index contributed by atoms with van der Waals surface area (Å²) >= 11 is 0. The van der Waals surface area contributed by atoms with Gasteiger partial charge < -0.3 is 0 Å². The molecular formula is C13H16F12O12S4. The van der Waals surface area contributed by atoms with Crippen molar-refractivity contribution in [2.24, 2.45) is 5.41 Å². The van der Waals surface area contributed by atoms with Crippen LogP contribution in [0.15, 0.2) is 0 Å². The van der Waals surface area contributed by atoms with Crippen molar-refractivity contribution in [1.29, 1.82) is 0 Å². The van der Waals surface area contributed by atoms with Crippen molar-refractivity contribution in [2.45, 2.75) is 24.7 Å². The number of rotatable bonds is 16. The van der Waals surface area contributed by atoms with Crippen molar-refractivity contribution in [1.82, 2.24) is 0 Å². The maximum Gasteiger partial charge on any atom is 0.405 e. The molecular weight excluding hydrogens is 704 g/mol. The summed E-state index contributed by atoms with van der Waals surface area (Å²) in [6.45, 7) is -8.85. The highest BCUT2D eigenvalue weighted by atomic mass is 32.2. The molecule has 0 saturated carbocycles. The molecule has 0 fully saturated rings.